The second-order valence-electron chi connectivity index (χ2n) is 5.65. The number of hydrogen-bond donors (Lipinski definition) is 0. The third kappa shape index (κ3) is 5.63. The molecule has 0 saturated carbocycles. The molecule has 0 unspecified atom stereocenters. The summed E-state index contributed by atoms with van der Waals surface area (Å²) in [4.78, 5) is 2.69. The topological polar surface area (TPSA) is 12.4 Å². The van der Waals surface area contributed by atoms with Gasteiger partial charge in [-0.3, -0.25) is 0 Å². The van der Waals surface area contributed by atoms with Gasteiger partial charge >= 0.3 is 71.2 Å². The number of rotatable bonds is 8. The molecule has 0 aromatic heterocycles. The van der Waals surface area contributed by atoms with Crippen LogP contribution in [0.15, 0.2) is 29.3 Å². The number of nitrogens with zero attached hydrogens (tertiary/aromatic N) is 1. The predicted molar refractivity (Wildman–Crippen MR) is 81.6 cm³/mol. The van der Waals surface area contributed by atoms with Gasteiger partial charge in [0.15, 0.2) is 0 Å². The van der Waals surface area contributed by atoms with Crippen molar-refractivity contribution in [3.05, 3.63) is 29.8 Å². The summed E-state index contributed by atoms with van der Waals surface area (Å²) in [5.74, 6) is -41.2. The molecule has 0 N–H and O–H groups in total. The van der Waals surface area contributed by atoms with Gasteiger partial charge in [0.25, 0.3) is 0 Å². The number of alkyl halides is 12. The first-order valence-electron chi connectivity index (χ1n) is 7.19. The Morgan fingerprint density at radius 1 is 0.867 bits per heavy atom. The molecule has 30 heavy (non-hydrogen) atoms. The molecule has 0 aliphatic carbocycles. The van der Waals surface area contributed by atoms with Gasteiger partial charge in [0.1, 0.15) is 0 Å². The fourth-order valence-electron chi connectivity index (χ4n) is 1.74. The van der Waals surface area contributed by atoms with Crippen LogP contribution in [0.2, 0.25) is 0 Å². The third-order valence-corrected chi connectivity index (χ3v) is 3.41. The molecule has 16 heteroatoms. The monoisotopic (exact) mass is 538 g/mol. The van der Waals surface area contributed by atoms with Crippen LogP contribution >= 0.6 is 18.6 Å². The van der Waals surface area contributed by atoms with Crippen molar-refractivity contribution in [2.24, 2.45) is 4.99 Å². The van der Waals surface area contributed by atoms with Crippen LogP contribution in [0.25, 0.3) is 0 Å². The molecule has 0 bridgehead atoms. The second-order valence-corrected chi connectivity index (χ2v) is 8.23. The van der Waals surface area contributed by atoms with Crippen LogP contribution in [-0.4, -0.2) is 48.3 Å². The zero-order valence-electron chi connectivity index (χ0n) is 14.3. The molecule has 0 aliphatic rings. The quantitative estimate of drug-likeness (QED) is 0.146. The van der Waals surface area contributed by atoms with Gasteiger partial charge in [0.05, 0.1) is 6.54 Å². The van der Waals surface area contributed by atoms with E-state index >= 15 is 0 Å². The van der Waals surface area contributed by atoms with Gasteiger partial charge in [-0.2, -0.15) is 70.9 Å². The van der Waals surface area contributed by atoms with Crippen LogP contribution in [0, 0.1) is 0 Å². The standard InChI is InChI=1S/C14H10F12N.2ClH.Ti/c1-9(15,16)11(19,20)13(23,24)14(25,26)12(21,22)10(17,18)7-27-6-8-4-2-3-5-8;;;/h2-6H,7H2,1H3;2*1H;/q-1;;;+2/p-2. The molecule has 0 atom stereocenters. The van der Waals surface area contributed by atoms with E-state index < -0.39 is 66.0 Å². The predicted octanol–water partition coefficient (Wildman–Crippen LogP) is 7.03. The third-order valence-electron chi connectivity index (χ3n) is 3.41. The van der Waals surface area contributed by atoms with Crippen LogP contribution < -0.4 is 0 Å². The van der Waals surface area contributed by atoms with Gasteiger partial charge in [-0.25, -0.2) is 0 Å². The number of halogens is 14. The Morgan fingerprint density at radius 2 is 1.30 bits per heavy atom. The van der Waals surface area contributed by atoms with E-state index in [2.05, 4.69) is 4.99 Å². The van der Waals surface area contributed by atoms with Gasteiger partial charge in [-0.05, 0) is 0 Å². The van der Waals surface area contributed by atoms with E-state index in [9.17, 15) is 52.7 Å². The zero-order chi connectivity index (χ0) is 24.2. The summed E-state index contributed by atoms with van der Waals surface area (Å²) in [5, 5.41) is 0. The number of aliphatic imine (C=N–C) groups is 1. The molecule has 1 nitrogen and oxygen atoms in total. The molecule has 0 saturated heterocycles. The summed E-state index contributed by atoms with van der Waals surface area (Å²) in [6, 6.07) is 5.17. The van der Waals surface area contributed by atoms with Crippen LogP contribution in [0.5, 0.6) is 0 Å². The molecule has 1 aromatic rings. The van der Waals surface area contributed by atoms with Gasteiger partial charge in [0.2, 0.25) is 0 Å². The Morgan fingerprint density at radius 3 is 1.67 bits per heavy atom. The van der Waals surface area contributed by atoms with Gasteiger partial charge in [0, 0.05) is 6.92 Å². The minimum absolute atomic E-state index is 0.0587. The molecule has 0 spiro atoms. The van der Waals surface area contributed by atoms with Crippen molar-refractivity contribution < 1.29 is 69.7 Å². The van der Waals surface area contributed by atoms with E-state index in [0.29, 0.717) is 6.21 Å². The molecule has 174 valence electrons. The van der Waals surface area contributed by atoms with Crippen molar-refractivity contribution in [2.45, 2.75) is 42.5 Å². The van der Waals surface area contributed by atoms with Crippen LogP contribution in [0.4, 0.5) is 52.7 Å². The molecule has 0 fully saturated rings. The minimum atomic E-state index is -7.54. The maximum absolute atomic E-state index is 13.4. The van der Waals surface area contributed by atoms with Crippen molar-refractivity contribution >= 4 is 24.8 Å². The molecule has 0 radical (unpaired) electrons. The van der Waals surface area contributed by atoms with Gasteiger partial charge in [-0.1, -0.05) is 6.21 Å². The molecule has 1 rings (SSSR count). The second kappa shape index (κ2) is 9.95. The first-order chi connectivity index (χ1) is 13.2. The van der Waals surface area contributed by atoms with E-state index in [1.807, 2.05) is 0 Å². The van der Waals surface area contributed by atoms with E-state index in [1.54, 1.807) is 0 Å². The summed E-state index contributed by atoms with van der Waals surface area (Å²) in [7, 11) is 9.78. The van der Waals surface area contributed by atoms with Crippen LogP contribution in [0.1, 0.15) is 12.5 Å². The van der Waals surface area contributed by atoms with Crippen molar-refractivity contribution in [1.82, 2.24) is 0 Å². The first-order valence-corrected chi connectivity index (χ1v) is 11.5. The van der Waals surface area contributed by atoms with Crippen molar-refractivity contribution in [1.29, 1.82) is 0 Å². The molecule has 0 heterocycles. The van der Waals surface area contributed by atoms with E-state index in [0.717, 1.165) is 0 Å². The normalized spacial score (nSPS) is 14.5. The molecular weight excluding hydrogens is 529 g/mol. The molecule has 0 aliphatic heterocycles. The van der Waals surface area contributed by atoms with Crippen molar-refractivity contribution in [3.8, 4) is 0 Å². The number of hydrogen-bond acceptors (Lipinski definition) is 1. The van der Waals surface area contributed by atoms with Gasteiger partial charge in [-0.15, -0.1) is 11.6 Å². The Bertz CT molecular complexity index is 686. The first kappa shape index (κ1) is 29.5. The fraction of sp³-hybridized carbons (Fsp3) is 0.571. The summed E-state index contributed by atoms with van der Waals surface area (Å²) >= 11 is -0.556. The molecule has 1 aromatic carbocycles. The van der Waals surface area contributed by atoms with Gasteiger partial charge < -0.3 is 4.99 Å². The zero-order valence-corrected chi connectivity index (χ0v) is 17.4. The van der Waals surface area contributed by atoms with E-state index in [4.69, 9.17) is 18.6 Å². The average Bonchev–Trinajstić information content (AvgIpc) is 3.07. The fourth-order valence-corrected chi connectivity index (χ4v) is 1.74. The summed E-state index contributed by atoms with van der Waals surface area (Å²) in [5.41, 5.74) is 0.0587. The maximum atomic E-state index is 13.4. The molecule has 0 amide bonds. The molecular formula is C14H10Cl2F12NTi-. The van der Waals surface area contributed by atoms with Crippen LogP contribution in [0.3, 0.4) is 0 Å². The Balaban J connectivity index is 0.00000263. The summed E-state index contributed by atoms with van der Waals surface area (Å²) in [6.45, 7) is -3.44. The van der Waals surface area contributed by atoms with Crippen molar-refractivity contribution in [3.63, 3.8) is 0 Å². The SMILES string of the molecule is CC(F)(F)C(F)(F)C(F)(F)C(F)(F)C(F)(F)C(F)(F)CN=Cc1ccc[cH-]1.[Cl][Ti][Cl]. The summed E-state index contributed by atoms with van der Waals surface area (Å²) in [6.07, 6.45) is 0.509. The van der Waals surface area contributed by atoms with Crippen molar-refractivity contribution in [2.75, 3.05) is 6.54 Å². The summed E-state index contributed by atoms with van der Waals surface area (Å²) < 4.78 is 158. The van der Waals surface area contributed by atoms with E-state index in [-0.39, 0.29) is 5.56 Å². The Hall–Kier alpha value is -0.526. The van der Waals surface area contributed by atoms with E-state index in [1.165, 1.54) is 24.3 Å². The Labute approximate surface area is 178 Å². The Kier molecular flexibility index (Phi) is 9.78. The van der Waals surface area contributed by atoms with Crippen LogP contribution in [-0.2, 0) is 17.0 Å². The average molecular weight is 539 g/mol.